The van der Waals surface area contributed by atoms with E-state index in [0.29, 0.717) is 27.6 Å². The van der Waals surface area contributed by atoms with E-state index in [4.69, 9.17) is 4.52 Å². The average Bonchev–Trinajstić information content (AvgIpc) is 2.67. The summed E-state index contributed by atoms with van der Waals surface area (Å²) in [7, 11) is 0. The van der Waals surface area contributed by atoms with E-state index in [0.717, 1.165) is 0 Å². The van der Waals surface area contributed by atoms with Gasteiger partial charge < -0.3 is 14.8 Å². The van der Waals surface area contributed by atoms with Crippen molar-refractivity contribution >= 4 is 28.4 Å². The van der Waals surface area contributed by atoms with Crippen LogP contribution in [0.5, 0.6) is 0 Å². The molecule has 2 heterocycles. The molecule has 0 saturated heterocycles. The van der Waals surface area contributed by atoms with Crippen molar-refractivity contribution in [3.05, 3.63) is 32.0 Å². The highest BCUT2D eigenvalue weighted by molar-refractivity contribution is 14.1. The van der Waals surface area contributed by atoms with Gasteiger partial charge in [-0.05, 0) is 29.5 Å². The first-order valence-corrected chi connectivity index (χ1v) is 5.51. The average molecular weight is 333 g/mol. The van der Waals surface area contributed by atoms with E-state index in [2.05, 4.69) is 25.4 Å². The molecular weight excluding hydrogens is 325 g/mol. The van der Waals surface area contributed by atoms with Crippen LogP contribution in [0.2, 0.25) is 0 Å². The molecule has 0 amide bonds. The van der Waals surface area contributed by atoms with Crippen LogP contribution >= 0.6 is 22.6 Å². The van der Waals surface area contributed by atoms with Crippen LogP contribution in [0.25, 0.3) is 0 Å². The van der Waals surface area contributed by atoms with Crippen molar-refractivity contribution in [2.45, 2.75) is 13.5 Å². The van der Waals surface area contributed by atoms with Crippen molar-refractivity contribution in [1.29, 1.82) is 0 Å². The van der Waals surface area contributed by atoms with E-state index in [-0.39, 0.29) is 5.56 Å². The van der Waals surface area contributed by atoms with E-state index in [1.165, 1.54) is 6.33 Å². The smallest absolute Gasteiger partial charge is 0.266 e. The van der Waals surface area contributed by atoms with Crippen molar-refractivity contribution in [3.8, 4) is 0 Å². The number of nitrogens with one attached hydrogen (secondary N) is 2. The maximum Gasteiger partial charge on any atom is 0.266 e. The van der Waals surface area contributed by atoms with Gasteiger partial charge >= 0.3 is 0 Å². The van der Waals surface area contributed by atoms with Gasteiger partial charge in [-0.3, -0.25) is 4.79 Å². The predicted octanol–water partition coefficient (Wildman–Crippen LogP) is 0.678. The van der Waals surface area contributed by atoms with Crippen molar-refractivity contribution < 1.29 is 4.52 Å². The van der Waals surface area contributed by atoms with Crippen LogP contribution in [0.4, 0.5) is 5.82 Å². The normalized spacial score (nSPS) is 10.4. The second-order valence-corrected chi connectivity index (χ2v) is 4.06. The molecule has 8 heteroatoms. The van der Waals surface area contributed by atoms with Crippen molar-refractivity contribution in [3.63, 3.8) is 0 Å². The first-order chi connectivity index (χ1) is 7.66. The summed E-state index contributed by atoms with van der Waals surface area (Å²) in [5.41, 5.74) is -0.181. The lowest BCUT2D eigenvalue weighted by Crippen LogP contribution is -2.14. The molecule has 0 saturated carbocycles. The summed E-state index contributed by atoms with van der Waals surface area (Å²) in [5.74, 6) is 1.53. The molecular formula is C8H8IN5O2. The molecule has 0 aromatic carbocycles. The maximum atomic E-state index is 11.3. The number of anilines is 1. The minimum atomic E-state index is -0.181. The number of hydrogen-bond acceptors (Lipinski definition) is 6. The maximum absolute atomic E-state index is 11.3. The van der Waals surface area contributed by atoms with E-state index in [9.17, 15) is 4.79 Å². The zero-order valence-corrected chi connectivity index (χ0v) is 10.5. The molecule has 0 unspecified atom stereocenters. The van der Waals surface area contributed by atoms with Gasteiger partial charge in [0.1, 0.15) is 9.39 Å². The van der Waals surface area contributed by atoms with Gasteiger partial charge in [-0.2, -0.15) is 4.98 Å². The standard InChI is InChI=1S/C8H8IN5O2/c1-4-13-5(16-14-4)2-10-7-6(9)8(15)12-3-11-7/h3H,2H2,1H3,(H2,10,11,12,15). The van der Waals surface area contributed by atoms with Crippen LogP contribution in [0, 0.1) is 10.5 Å². The number of H-pyrrole nitrogens is 1. The van der Waals surface area contributed by atoms with E-state index < -0.39 is 0 Å². The lowest BCUT2D eigenvalue weighted by molar-refractivity contribution is 0.379. The van der Waals surface area contributed by atoms with Gasteiger partial charge in [-0.1, -0.05) is 5.16 Å². The van der Waals surface area contributed by atoms with Gasteiger partial charge in [-0.15, -0.1) is 0 Å². The first kappa shape index (κ1) is 11.0. The van der Waals surface area contributed by atoms with E-state index in [1.54, 1.807) is 6.92 Å². The topological polar surface area (TPSA) is 96.7 Å². The van der Waals surface area contributed by atoms with Gasteiger partial charge in [0, 0.05) is 0 Å². The Bertz CT molecular complexity index is 549. The van der Waals surface area contributed by atoms with Crippen LogP contribution < -0.4 is 10.9 Å². The molecule has 0 radical (unpaired) electrons. The highest BCUT2D eigenvalue weighted by atomic mass is 127. The van der Waals surface area contributed by atoms with E-state index in [1.807, 2.05) is 22.6 Å². The summed E-state index contributed by atoms with van der Waals surface area (Å²) >= 11 is 1.92. The number of nitrogens with zero attached hydrogens (tertiary/aromatic N) is 3. The molecule has 0 atom stereocenters. The summed E-state index contributed by atoms with van der Waals surface area (Å²) in [6, 6.07) is 0. The van der Waals surface area contributed by atoms with Gasteiger partial charge in [0.05, 0.1) is 12.9 Å². The summed E-state index contributed by atoms with van der Waals surface area (Å²) < 4.78 is 5.41. The number of aryl methyl sites for hydroxylation is 1. The summed E-state index contributed by atoms with van der Waals surface area (Å²) in [6.07, 6.45) is 1.34. The molecule has 0 bridgehead atoms. The van der Waals surface area contributed by atoms with Crippen LogP contribution in [0.3, 0.4) is 0 Å². The SMILES string of the molecule is Cc1noc(CNc2nc[nH]c(=O)c2I)n1. The Morgan fingerprint density at radius 3 is 3.12 bits per heavy atom. The minimum Gasteiger partial charge on any atom is -0.360 e. The highest BCUT2D eigenvalue weighted by Crippen LogP contribution is 2.09. The number of halogens is 1. The van der Waals surface area contributed by atoms with Gasteiger partial charge in [-0.25, -0.2) is 4.98 Å². The molecule has 2 rings (SSSR count). The number of hydrogen-bond donors (Lipinski definition) is 2. The zero-order valence-electron chi connectivity index (χ0n) is 8.32. The Morgan fingerprint density at radius 2 is 2.44 bits per heavy atom. The molecule has 7 nitrogen and oxygen atoms in total. The molecule has 16 heavy (non-hydrogen) atoms. The third-order valence-electron chi connectivity index (χ3n) is 1.77. The number of rotatable bonds is 3. The fourth-order valence-corrected chi connectivity index (χ4v) is 1.56. The summed E-state index contributed by atoms with van der Waals surface area (Å²) in [6.45, 7) is 2.08. The molecule has 0 fully saturated rings. The number of aromatic amines is 1. The second kappa shape index (κ2) is 4.60. The van der Waals surface area contributed by atoms with Crippen molar-refractivity contribution in [2.75, 3.05) is 5.32 Å². The third kappa shape index (κ3) is 2.38. The largest absolute Gasteiger partial charge is 0.360 e. The second-order valence-electron chi connectivity index (χ2n) is 2.98. The van der Waals surface area contributed by atoms with Crippen molar-refractivity contribution in [2.24, 2.45) is 0 Å². The van der Waals surface area contributed by atoms with Gasteiger partial charge in [0.15, 0.2) is 5.82 Å². The molecule has 0 spiro atoms. The Morgan fingerprint density at radius 1 is 1.62 bits per heavy atom. The van der Waals surface area contributed by atoms with Crippen LogP contribution in [0.15, 0.2) is 15.6 Å². The Balaban J connectivity index is 2.10. The monoisotopic (exact) mass is 333 g/mol. The quantitative estimate of drug-likeness (QED) is 0.802. The van der Waals surface area contributed by atoms with E-state index >= 15 is 0 Å². The van der Waals surface area contributed by atoms with Gasteiger partial charge in [0.25, 0.3) is 5.56 Å². The lowest BCUT2D eigenvalue weighted by atomic mass is 10.5. The highest BCUT2D eigenvalue weighted by Gasteiger charge is 2.07. The molecule has 0 aliphatic heterocycles. The summed E-state index contributed by atoms with van der Waals surface area (Å²) in [5, 5.41) is 6.60. The van der Waals surface area contributed by atoms with Crippen LogP contribution in [-0.2, 0) is 6.54 Å². The van der Waals surface area contributed by atoms with Crippen LogP contribution in [-0.4, -0.2) is 20.1 Å². The first-order valence-electron chi connectivity index (χ1n) is 4.43. The fraction of sp³-hybridized carbons (Fsp3) is 0.250. The Labute approximate surface area is 104 Å². The summed E-state index contributed by atoms with van der Waals surface area (Å²) in [4.78, 5) is 21.8. The molecule has 2 N–H and O–H groups in total. The zero-order chi connectivity index (χ0) is 11.5. The lowest BCUT2D eigenvalue weighted by Gasteiger charge is -2.02. The third-order valence-corrected chi connectivity index (χ3v) is 2.77. The molecule has 2 aromatic rings. The minimum absolute atomic E-state index is 0.181. The molecule has 0 aliphatic rings. The fourth-order valence-electron chi connectivity index (χ4n) is 1.08. The van der Waals surface area contributed by atoms with Gasteiger partial charge in [0.2, 0.25) is 5.89 Å². The Hall–Kier alpha value is -1.45. The molecule has 0 aliphatic carbocycles. The number of aromatic nitrogens is 4. The molecule has 84 valence electrons. The van der Waals surface area contributed by atoms with Crippen LogP contribution in [0.1, 0.15) is 11.7 Å². The molecule has 2 aromatic heterocycles. The predicted molar refractivity (Wildman–Crippen MR) is 63.9 cm³/mol. The Kier molecular flexibility index (Phi) is 3.17. The van der Waals surface area contributed by atoms with Crippen molar-refractivity contribution in [1.82, 2.24) is 20.1 Å².